The fraction of sp³-hybridized carbons (Fsp3) is 0.0435. The standard InChI is InChI=1S/C23H20N4O4/c1-15-7-5-6-10-19(15)26-20-12-11-16(23(30)31)13-17(20)14-24-27-22(29)21(28)25-18-8-3-2-4-9-18/h2-14,26H,1H3,(H,25,28)(H,27,29)(H,30,31)/b24-14-. The normalized spacial score (nSPS) is 10.5. The molecule has 156 valence electrons. The fourth-order valence-corrected chi connectivity index (χ4v) is 2.70. The van der Waals surface area contributed by atoms with Gasteiger partial charge >= 0.3 is 17.8 Å². The summed E-state index contributed by atoms with van der Waals surface area (Å²) in [6, 6.07) is 20.6. The van der Waals surface area contributed by atoms with Gasteiger partial charge in [0.25, 0.3) is 0 Å². The van der Waals surface area contributed by atoms with Crippen LogP contribution in [-0.4, -0.2) is 29.1 Å². The molecule has 4 N–H and O–H groups in total. The lowest BCUT2D eigenvalue weighted by atomic mass is 10.1. The zero-order valence-corrected chi connectivity index (χ0v) is 16.6. The lowest BCUT2D eigenvalue weighted by molar-refractivity contribution is -0.136. The monoisotopic (exact) mass is 416 g/mol. The summed E-state index contributed by atoms with van der Waals surface area (Å²) in [4.78, 5) is 35.3. The average molecular weight is 416 g/mol. The number of carboxylic acids is 1. The number of nitrogens with zero attached hydrogens (tertiary/aromatic N) is 1. The Labute approximate surface area is 178 Å². The second kappa shape index (κ2) is 9.84. The first-order valence-corrected chi connectivity index (χ1v) is 9.33. The highest BCUT2D eigenvalue weighted by atomic mass is 16.4. The van der Waals surface area contributed by atoms with Gasteiger partial charge in [-0.2, -0.15) is 5.10 Å². The molecule has 3 aromatic rings. The Hall–Kier alpha value is -4.46. The van der Waals surface area contributed by atoms with Gasteiger partial charge in [0.1, 0.15) is 0 Å². The lowest BCUT2D eigenvalue weighted by Gasteiger charge is -2.12. The Morgan fingerprint density at radius 2 is 1.58 bits per heavy atom. The summed E-state index contributed by atoms with van der Waals surface area (Å²) in [7, 11) is 0. The lowest BCUT2D eigenvalue weighted by Crippen LogP contribution is -2.32. The van der Waals surface area contributed by atoms with Crippen LogP contribution < -0.4 is 16.1 Å². The smallest absolute Gasteiger partial charge is 0.335 e. The molecular formula is C23H20N4O4. The molecule has 0 fully saturated rings. The van der Waals surface area contributed by atoms with Gasteiger partial charge in [-0.05, 0) is 48.9 Å². The molecule has 8 nitrogen and oxygen atoms in total. The van der Waals surface area contributed by atoms with Crippen LogP contribution >= 0.6 is 0 Å². The Bertz CT molecular complexity index is 1140. The molecule has 0 aliphatic rings. The third-order valence-electron chi connectivity index (χ3n) is 4.32. The van der Waals surface area contributed by atoms with E-state index in [0.29, 0.717) is 16.9 Å². The Balaban J connectivity index is 1.75. The Kier molecular flexibility index (Phi) is 6.74. The predicted molar refractivity (Wildman–Crippen MR) is 119 cm³/mol. The molecule has 0 aromatic heterocycles. The van der Waals surface area contributed by atoms with E-state index >= 15 is 0 Å². The van der Waals surface area contributed by atoms with Gasteiger partial charge in [0.2, 0.25) is 0 Å². The van der Waals surface area contributed by atoms with Crippen LogP contribution in [-0.2, 0) is 9.59 Å². The van der Waals surface area contributed by atoms with Gasteiger partial charge in [0, 0.05) is 22.6 Å². The van der Waals surface area contributed by atoms with Gasteiger partial charge in [0.15, 0.2) is 0 Å². The van der Waals surface area contributed by atoms with Gasteiger partial charge in [-0.15, -0.1) is 0 Å². The number of carboxylic acid groups (broad SMARTS) is 1. The maximum Gasteiger partial charge on any atom is 0.335 e. The van der Waals surface area contributed by atoms with Crippen LogP contribution in [0.1, 0.15) is 21.5 Å². The third kappa shape index (κ3) is 5.77. The number of carbonyl (C=O) groups excluding carboxylic acids is 2. The summed E-state index contributed by atoms with van der Waals surface area (Å²) in [6.07, 6.45) is 1.28. The van der Waals surface area contributed by atoms with Crippen molar-refractivity contribution in [2.75, 3.05) is 10.6 Å². The number of anilines is 3. The highest BCUT2D eigenvalue weighted by Gasteiger charge is 2.13. The largest absolute Gasteiger partial charge is 0.478 e. The minimum absolute atomic E-state index is 0.0601. The van der Waals surface area contributed by atoms with Crippen LogP contribution in [0, 0.1) is 6.92 Å². The molecular weight excluding hydrogens is 396 g/mol. The molecule has 2 amide bonds. The molecule has 0 saturated carbocycles. The minimum Gasteiger partial charge on any atom is -0.478 e. The fourth-order valence-electron chi connectivity index (χ4n) is 2.70. The maximum atomic E-state index is 12.0. The third-order valence-corrected chi connectivity index (χ3v) is 4.32. The second-order valence-corrected chi connectivity index (χ2v) is 6.57. The van der Waals surface area contributed by atoms with E-state index in [1.54, 1.807) is 36.4 Å². The first kappa shape index (κ1) is 21.3. The number of hydrogen-bond donors (Lipinski definition) is 4. The quantitative estimate of drug-likeness (QED) is 0.278. The number of rotatable bonds is 6. The van der Waals surface area contributed by atoms with Crippen molar-refractivity contribution in [2.45, 2.75) is 6.92 Å². The maximum absolute atomic E-state index is 12.0. The van der Waals surface area contributed by atoms with Crippen molar-refractivity contribution < 1.29 is 19.5 Å². The molecule has 0 atom stereocenters. The summed E-state index contributed by atoms with van der Waals surface area (Å²) in [5, 5.41) is 18.8. The van der Waals surface area contributed by atoms with Crippen LogP contribution in [0.25, 0.3) is 0 Å². The number of nitrogens with one attached hydrogen (secondary N) is 3. The molecule has 3 aromatic carbocycles. The number of carbonyl (C=O) groups is 3. The van der Waals surface area contributed by atoms with E-state index in [1.165, 1.54) is 18.3 Å². The van der Waals surface area contributed by atoms with Crippen LogP contribution in [0.3, 0.4) is 0 Å². The molecule has 0 spiro atoms. The van der Waals surface area contributed by atoms with Crippen molar-refractivity contribution in [3.8, 4) is 0 Å². The van der Waals surface area contributed by atoms with E-state index in [4.69, 9.17) is 0 Å². The highest BCUT2D eigenvalue weighted by Crippen LogP contribution is 2.23. The first-order chi connectivity index (χ1) is 14.9. The van der Waals surface area contributed by atoms with Crippen molar-refractivity contribution in [1.29, 1.82) is 0 Å². The number of aryl methyl sites for hydroxylation is 1. The summed E-state index contributed by atoms with van der Waals surface area (Å²) >= 11 is 0. The topological polar surface area (TPSA) is 120 Å². The van der Waals surface area contributed by atoms with E-state index in [2.05, 4.69) is 21.2 Å². The highest BCUT2D eigenvalue weighted by molar-refractivity contribution is 6.39. The van der Waals surface area contributed by atoms with Crippen molar-refractivity contribution in [1.82, 2.24) is 5.43 Å². The van der Waals surface area contributed by atoms with Crippen LogP contribution in [0.15, 0.2) is 77.9 Å². The van der Waals surface area contributed by atoms with Gasteiger partial charge in [0.05, 0.1) is 11.8 Å². The molecule has 0 bridgehead atoms. The molecule has 0 aliphatic heterocycles. The summed E-state index contributed by atoms with van der Waals surface area (Å²) in [5.74, 6) is -2.92. The van der Waals surface area contributed by atoms with Crippen molar-refractivity contribution >= 4 is 41.1 Å². The van der Waals surface area contributed by atoms with Gasteiger partial charge in [-0.1, -0.05) is 36.4 Å². The molecule has 0 aliphatic carbocycles. The zero-order chi connectivity index (χ0) is 22.2. The minimum atomic E-state index is -1.09. The van der Waals surface area contributed by atoms with E-state index in [0.717, 1.165) is 11.3 Å². The summed E-state index contributed by atoms with van der Waals surface area (Å²) < 4.78 is 0. The van der Waals surface area contributed by atoms with Crippen molar-refractivity contribution in [3.63, 3.8) is 0 Å². The Morgan fingerprint density at radius 3 is 2.29 bits per heavy atom. The number of hydrogen-bond acceptors (Lipinski definition) is 5. The number of para-hydroxylation sites is 2. The SMILES string of the molecule is Cc1ccccc1Nc1ccc(C(=O)O)cc1/C=N\NC(=O)C(=O)Nc1ccccc1. The van der Waals surface area contributed by atoms with E-state index in [-0.39, 0.29) is 5.56 Å². The van der Waals surface area contributed by atoms with Crippen molar-refractivity contribution in [2.24, 2.45) is 5.10 Å². The van der Waals surface area contributed by atoms with Crippen LogP contribution in [0.4, 0.5) is 17.1 Å². The van der Waals surface area contributed by atoms with E-state index in [9.17, 15) is 19.5 Å². The average Bonchev–Trinajstić information content (AvgIpc) is 2.76. The molecule has 0 saturated heterocycles. The van der Waals surface area contributed by atoms with Gasteiger partial charge in [-0.3, -0.25) is 9.59 Å². The molecule has 0 unspecified atom stereocenters. The van der Waals surface area contributed by atoms with Crippen LogP contribution in [0.5, 0.6) is 0 Å². The first-order valence-electron chi connectivity index (χ1n) is 9.33. The predicted octanol–water partition coefficient (Wildman–Crippen LogP) is 3.53. The zero-order valence-electron chi connectivity index (χ0n) is 16.6. The second-order valence-electron chi connectivity index (χ2n) is 6.57. The number of amides is 2. The van der Waals surface area contributed by atoms with Crippen LogP contribution in [0.2, 0.25) is 0 Å². The van der Waals surface area contributed by atoms with Gasteiger partial charge in [-0.25, -0.2) is 10.2 Å². The van der Waals surface area contributed by atoms with Gasteiger partial charge < -0.3 is 15.7 Å². The number of hydrazone groups is 1. The van der Waals surface area contributed by atoms with E-state index < -0.39 is 17.8 Å². The Morgan fingerprint density at radius 1 is 0.871 bits per heavy atom. The molecule has 8 heteroatoms. The summed E-state index contributed by atoms with van der Waals surface area (Å²) in [5.41, 5.74) is 5.53. The molecule has 31 heavy (non-hydrogen) atoms. The molecule has 0 heterocycles. The number of benzene rings is 3. The van der Waals surface area contributed by atoms with E-state index in [1.807, 2.05) is 31.2 Å². The van der Waals surface area contributed by atoms with Crippen molar-refractivity contribution in [3.05, 3.63) is 89.5 Å². The molecule has 3 rings (SSSR count). The molecule has 0 radical (unpaired) electrons. The number of aromatic carboxylic acids is 1. The summed E-state index contributed by atoms with van der Waals surface area (Å²) in [6.45, 7) is 1.94.